The van der Waals surface area contributed by atoms with Crippen molar-refractivity contribution in [2.24, 2.45) is 0 Å². The number of hydrogen-bond acceptors (Lipinski definition) is 5. The third-order valence-corrected chi connectivity index (χ3v) is 6.21. The topological polar surface area (TPSA) is 48.5 Å². The highest BCUT2D eigenvalue weighted by Crippen LogP contribution is 2.28. The van der Waals surface area contributed by atoms with Crippen LogP contribution < -0.4 is 10.2 Å². The van der Waals surface area contributed by atoms with Gasteiger partial charge in [0.25, 0.3) is 5.91 Å². The summed E-state index contributed by atoms with van der Waals surface area (Å²) in [6.07, 6.45) is 1.73. The van der Waals surface area contributed by atoms with E-state index in [1.165, 1.54) is 17.4 Å². The van der Waals surface area contributed by atoms with Gasteiger partial charge in [-0.15, -0.1) is 0 Å². The Bertz CT molecular complexity index is 944. The van der Waals surface area contributed by atoms with Gasteiger partial charge in [-0.1, -0.05) is 48.2 Å². The fourth-order valence-electron chi connectivity index (χ4n) is 3.54. The Morgan fingerprint density at radius 2 is 1.60 bits per heavy atom. The molecule has 3 aromatic rings. The van der Waals surface area contributed by atoms with Gasteiger partial charge in [0.1, 0.15) is 5.03 Å². The maximum absolute atomic E-state index is 12.7. The van der Waals surface area contributed by atoms with E-state index in [1.807, 2.05) is 42.5 Å². The van der Waals surface area contributed by atoms with Gasteiger partial charge < -0.3 is 10.2 Å². The summed E-state index contributed by atoms with van der Waals surface area (Å²) in [6.45, 7) is 5.53. The van der Waals surface area contributed by atoms with Crippen molar-refractivity contribution in [3.8, 4) is 0 Å². The Labute approximate surface area is 182 Å². The van der Waals surface area contributed by atoms with E-state index in [9.17, 15) is 4.79 Å². The second-order valence-corrected chi connectivity index (χ2v) is 8.25. The summed E-state index contributed by atoms with van der Waals surface area (Å²) >= 11 is 1.51. The van der Waals surface area contributed by atoms with Crippen molar-refractivity contribution in [3.05, 3.63) is 84.6 Å². The van der Waals surface area contributed by atoms with E-state index in [4.69, 9.17) is 0 Å². The molecule has 1 saturated heterocycles. The standard InChI is InChI=1S/C24H26N4OS/c29-23(22-12-7-13-26-24(22)30-21-10-5-2-6-11-21)25-14-15-27-16-18-28(19-17-27)20-8-3-1-4-9-20/h1-13H,14-19H2,(H,25,29). The monoisotopic (exact) mass is 418 g/mol. The van der Waals surface area contributed by atoms with Gasteiger partial charge in [0.05, 0.1) is 5.56 Å². The zero-order valence-electron chi connectivity index (χ0n) is 16.9. The van der Waals surface area contributed by atoms with Crippen LogP contribution >= 0.6 is 11.8 Å². The number of piperazine rings is 1. The van der Waals surface area contributed by atoms with Crippen LogP contribution in [0, 0.1) is 0 Å². The zero-order chi connectivity index (χ0) is 20.6. The van der Waals surface area contributed by atoms with Crippen LogP contribution in [0.4, 0.5) is 5.69 Å². The highest BCUT2D eigenvalue weighted by molar-refractivity contribution is 7.99. The number of para-hydroxylation sites is 1. The van der Waals surface area contributed by atoms with E-state index < -0.39 is 0 Å². The average Bonchev–Trinajstić information content (AvgIpc) is 2.81. The maximum atomic E-state index is 12.7. The van der Waals surface area contributed by atoms with Crippen molar-refractivity contribution in [2.75, 3.05) is 44.2 Å². The number of pyridine rings is 1. The Morgan fingerprint density at radius 1 is 0.900 bits per heavy atom. The summed E-state index contributed by atoms with van der Waals surface area (Å²) in [5.74, 6) is -0.0653. The number of nitrogens with one attached hydrogen (secondary N) is 1. The normalized spacial score (nSPS) is 14.5. The molecule has 4 rings (SSSR count). The van der Waals surface area contributed by atoms with Gasteiger partial charge in [-0.2, -0.15) is 0 Å². The predicted molar refractivity (Wildman–Crippen MR) is 122 cm³/mol. The molecular weight excluding hydrogens is 392 g/mol. The average molecular weight is 419 g/mol. The molecule has 2 aromatic carbocycles. The first-order chi connectivity index (χ1) is 14.8. The first kappa shape index (κ1) is 20.4. The van der Waals surface area contributed by atoms with Crippen LogP contribution in [0.25, 0.3) is 0 Å². The minimum Gasteiger partial charge on any atom is -0.369 e. The van der Waals surface area contributed by atoms with Gasteiger partial charge in [0, 0.05) is 56.0 Å². The summed E-state index contributed by atoms with van der Waals surface area (Å²) in [5, 5.41) is 3.80. The number of hydrogen-bond donors (Lipinski definition) is 1. The minimum atomic E-state index is -0.0653. The smallest absolute Gasteiger partial charge is 0.254 e. The number of nitrogens with zero attached hydrogens (tertiary/aromatic N) is 3. The number of benzene rings is 2. The molecule has 0 spiro atoms. The number of rotatable bonds is 7. The van der Waals surface area contributed by atoms with Crippen molar-refractivity contribution >= 4 is 23.4 Å². The predicted octanol–water partition coefficient (Wildman–Crippen LogP) is 3.78. The molecule has 1 amide bonds. The lowest BCUT2D eigenvalue weighted by Gasteiger charge is -2.36. The first-order valence-electron chi connectivity index (χ1n) is 10.3. The van der Waals surface area contributed by atoms with Crippen LogP contribution in [0.2, 0.25) is 0 Å². The lowest BCUT2D eigenvalue weighted by atomic mass is 10.2. The molecule has 1 aliphatic rings. The fourth-order valence-corrected chi connectivity index (χ4v) is 4.44. The van der Waals surface area contributed by atoms with Gasteiger partial charge in [-0.25, -0.2) is 4.98 Å². The summed E-state index contributed by atoms with van der Waals surface area (Å²) in [5.41, 5.74) is 1.91. The zero-order valence-corrected chi connectivity index (χ0v) is 17.7. The van der Waals surface area contributed by atoms with Gasteiger partial charge >= 0.3 is 0 Å². The van der Waals surface area contributed by atoms with Crippen molar-refractivity contribution in [3.63, 3.8) is 0 Å². The highest BCUT2D eigenvalue weighted by Gasteiger charge is 2.18. The van der Waals surface area contributed by atoms with E-state index in [2.05, 4.69) is 50.4 Å². The van der Waals surface area contributed by atoms with E-state index in [0.717, 1.165) is 42.6 Å². The van der Waals surface area contributed by atoms with E-state index >= 15 is 0 Å². The molecule has 1 aliphatic heterocycles. The molecule has 154 valence electrons. The number of carbonyl (C=O) groups excluding carboxylic acids is 1. The molecule has 5 nitrogen and oxygen atoms in total. The quantitative estimate of drug-likeness (QED) is 0.633. The van der Waals surface area contributed by atoms with Crippen molar-refractivity contribution in [1.82, 2.24) is 15.2 Å². The summed E-state index contributed by atoms with van der Waals surface area (Å²) in [4.78, 5) is 23.1. The molecular formula is C24H26N4OS. The van der Waals surface area contributed by atoms with E-state index in [1.54, 1.807) is 6.20 Å². The number of amides is 1. The van der Waals surface area contributed by atoms with Gasteiger partial charge in [0.15, 0.2) is 0 Å². The summed E-state index contributed by atoms with van der Waals surface area (Å²) < 4.78 is 0. The van der Waals surface area contributed by atoms with Crippen molar-refractivity contribution in [1.29, 1.82) is 0 Å². The van der Waals surface area contributed by atoms with Crippen LogP contribution in [0.3, 0.4) is 0 Å². The molecule has 0 saturated carbocycles. The SMILES string of the molecule is O=C(NCCN1CCN(c2ccccc2)CC1)c1cccnc1Sc1ccccc1. The highest BCUT2D eigenvalue weighted by atomic mass is 32.2. The third-order valence-electron chi connectivity index (χ3n) is 5.18. The van der Waals surface area contributed by atoms with Crippen molar-refractivity contribution in [2.45, 2.75) is 9.92 Å². The summed E-state index contributed by atoms with van der Waals surface area (Å²) in [6, 6.07) is 24.2. The van der Waals surface area contributed by atoms with Gasteiger partial charge in [0.2, 0.25) is 0 Å². The number of aromatic nitrogens is 1. The number of anilines is 1. The molecule has 1 fully saturated rings. The molecule has 1 N–H and O–H groups in total. The molecule has 0 aliphatic carbocycles. The molecule has 0 bridgehead atoms. The maximum Gasteiger partial charge on any atom is 0.254 e. The van der Waals surface area contributed by atoms with Crippen LogP contribution in [0.15, 0.2) is 88.9 Å². The Hall–Kier alpha value is -2.83. The first-order valence-corrected chi connectivity index (χ1v) is 11.1. The third kappa shape index (κ3) is 5.40. The molecule has 2 heterocycles. The molecule has 1 aromatic heterocycles. The largest absolute Gasteiger partial charge is 0.369 e. The molecule has 0 unspecified atom stereocenters. The fraction of sp³-hybridized carbons (Fsp3) is 0.250. The lowest BCUT2D eigenvalue weighted by molar-refractivity contribution is 0.0944. The molecule has 30 heavy (non-hydrogen) atoms. The van der Waals surface area contributed by atoms with Crippen LogP contribution in [0.1, 0.15) is 10.4 Å². The Kier molecular flexibility index (Phi) is 7.00. The molecule has 0 radical (unpaired) electrons. The number of carbonyl (C=O) groups is 1. The van der Waals surface area contributed by atoms with Gasteiger partial charge in [-0.3, -0.25) is 9.69 Å². The Morgan fingerprint density at radius 3 is 2.33 bits per heavy atom. The minimum absolute atomic E-state index is 0.0653. The second-order valence-electron chi connectivity index (χ2n) is 7.19. The van der Waals surface area contributed by atoms with Crippen molar-refractivity contribution < 1.29 is 4.79 Å². The lowest BCUT2D eigenvalue weighted by Crippen LogP contribution is -2.48. The van der Waals surface area contributed by atoms with E-state index in [-0.39, 0.29) is 5.91 Å². The summed E-state index contributed by atoms with van der Waals surface area (Å²) in [7, 11) is 0. The second kappa shape index (κ2) is 10.3. The van der Waals surface area contributed by atoms with Crippen LogP contribution in [-0.2, 0) is 0 Å². The van der Waals surface area contributed by atoms with Crippen LogP contribution in [0.5, 0.6) is 0 Å². The van der Waals surface area contributed by atoms with E-state index in [0.29, 0.717) is 12.1 Å². The molecule has 0 atom stereocenters. The Balaban J connectivity index is 1.26. The van der Waals surface area contributed by atoms with Crippen LogP contribution in [-0.4, -0.2) is 55.1 Å². The van der Waals surface area contributed by atoms with Gasteiger partial charge in [-0.05, 0) is 36.4 Å². The molecule has 6 heteroatoms.